The van der Waals surface area contributed by atoms with Crippen molar-refractivity contribution in [2.45, 2.75) is 83.5 Å². The van der Waals surface area contributed by atoms with E-state index >= 15 is 4.39 Å². The molecule has 2 aromatic heterocycles. The van der Waals surface area contributed by atoms with E-state index in [0.717, 1.165) is 27.6 Å². The number of nitrogens with zero attached hydrogens (tertiary/aromatic N) is 2. The molecule has 0 saturated heterocycles. The molecule has 3 aliphatic rings. The third-order valence-electron chi connectivity index (χ3n) is 12.3. The number of esters is 1. The van der Waals surface area contributed by atoms with Crippen LogP contribution in [0.3, 0.4) is 0 Å². The van der Waals surface area contributed by atoms with E-state index in [1.165, 1.54) is 6.07 Å². The normalized spacial score (nSPS) is 15.7. The third kappa shape index (κ3) is 11.2. The fourth-order valence-corrected chi connectivity index (χ4v) is 8.96. The van der Waals surface area contributed by atoms with Crippen LogP contribution < -0.4 is 42.8 Å². The Morgan fingerprint density at radius 2 is 1.63 bits per heavy atom. The summed E-state index contributed by atoms with van der Waals surface area (Å²) in [6, 6.07) is 10.7. The van der Waals surface area contributed by atoms with E-state index in [1.807, 2.05) is 6.07 Å². The summed E-state index contributed by atoms with van der Waals surface area (Å²) in [5.41, 5.74) is 6.09. The molecule has 68 heavy (non-hydrogen) atoms. The van der Waals surface area contributed by atoms with Crippen LogP contribution in [-0.4, -0.2) is 95.1 Å². The van der Waals surface area contributed by atoms with Crippen molar-refractivity contribution in [2.24, 2.45) is 0 Å². The van der Waals surface area contributed by atoms with Gasteiger partial charge in [0.05, 0.1) is 65.9 Å². The first kappa shape index (κ1) is 49.0. The Hall–Kier alpha value is -6.96. The zero-order valence-corrected chi connectivity index (χ0v) is 39.3. The Morgan fingerprint density at radius 3 is 2.40 bits per heavy atom. The minimum absolute atomic E-state index is 0.0327. The number of carbonyl (C=O) groups is 7. The molecule has 0 radical (unpaired) electrons. The summed E-state index contributed by atoms with van der Waals surface area (Å²) in [5.74, 6) is -3.93. The van der Waals surface area contributed by atoms with E-state index in [2.05, 4.69) is 59.7 Å². The van der Waals surface area contributed by atoms with Crippen molar-refractivity contribution >= 4 is 68.2 Å². The Balaban J connectivity index is 0.910. The highest BCUT2D eigenvalue weighted by atomic mass is 79.9. The van der Waals surface area contributed by atoms with Crippen LogP contribution in [0.2, 0.25) is 0 Å². The van der Waals surface area contributed by atoms with E-state index in [-0.39, 0.29) is 100 Å². The number of aryl methyl sites for hydroxylation is 1. The molecule has 7 N–H and O–H groups in total. The van der Waals surface area contributed by atoms with E-state index in [9.17, 15) is 38.4 Å². The molecule has 0 saturated carbocycles. The summed E-state index contributed by atoms with van der Waals surface area (Å²) < 4.78 is 22.2. The van der Waals surface area contributed by atoms with Gasteiger partial charge in [-0.25, -0.2) is 9.37 Å². The molecule has 2 aliphatic heterocycles. The maximum atomic E-state index is 15.3. The number of carbonyl (C=O) groups excluding carboxylic acids is 7. The monoisotopic (exact) mass is 997 g/mol. The summed E-state index contributed by atoms with van der Waals surface area (Å²) in [5, 5.41) is 20.1. The average molecular weight is 999 g/mol. The standard InChI is InChI=1S/C48H53BrFN9O9/c1-25(20-54-38(60)13-15-52-40(62)19-49)53-22-42(64)57-36(16-28-8-5-4-6-9-28)46(65)55-21-41(63)51-14-7-10-39(61)56-34-12-11-29-26(2)33(50)18-35-43(29)44(34)31-23-59-37(45(31)58-35)17-30-27(3)48(67)68-24-32(30)47(59)66/h4-6,8-9,17-18,27,34,36,53H,1,7,10-16,19-24H2,2-3H3,(H,51,63)(H,52,62)(H,54,60)(H,55,65)(H,56,61)(H,57,64)/t27-,34-,36?/m0/s1. The van der Waals surface area contributed by atoms with Gasteiger partial charge in [-0.05, 0) is 67.0 Å². The van der Waals surface area contributed by atoms with Crippen LogP contribution in [0.1, 0.15) is 83.5 Å². The predicted molar refractivity (Wildman–Crippen MR) is 252 cm³/mol. The fourth-order valence-electron chi connectivity index (χ4n) is 8.76. The Labute approximate surface area is 399 Å². The second-order valence-electron chi connectivity index (χ2n) is 17.0. The van der Waals surface area contributed by atoms with E-state index in [4.69, 9.17) is 9.72 Å². The molecule has 4 aromatic rings. The molecule has 3 atom stereocenters. The number of rotatable bonds is 20. The number of fused-ring (bicyclic) bond motifs is 5. The van der Waals surface area contributed by atoms with Gasteiger partial charge in [-0.15, -0.1) is 0 Å². The quantitative estimate of drug-likeness (QED) is 0.0338. The first-order valence-electron chi connectivity index (χ1n) is 22.4. The topological polar surface area (TPSA) is 248 Å². The number of hydrogen-bond donors (Lipinski definition) is 7. The highest BCUT2D eigenvalue weighted by molar-refractivity contribution is 9.09. The molecule has 0 spiro atoms. The molecule has 6 amide bonds. The second-order valence-corrected chi connectivity index (χ2v) is 17.6. The van der Waals surface area contributed by atoms with Gasteiger partial charge >= 0.3 is 5.97 Å². The molecule has 358 valence electrons. The number of hydrogen-bond acceptors (Lipinski definition) is 11. The molecular formula is C48H53BrFN9O9. The lowest BCUT2D eigenvalue weighted by Gasteiger charge is -2.29. The fraction of sp³-hybridized carbons (Fsp3) is 0.396. The third-order valence-corrected chi connectivity index (χ3v) is 12.8. The molecule has 2 aromatic carbocycles. The number of alkyl halides is 1. The molecule has 18 nitrogen and oxygen atoms in total. The Bertz CT molecular complexity index is 2760. The number of aromatic nitrogens is 2. The summed E-state index contributed by atoms with van der Waals surface area (Å²) in [7, 11) is 0. The van der Waals surface area contributed by atoms with Gasteiger partial charge in [0.15, 0.2) is 0 Å². The minimum atomic E-state index is -1.03. The van der Waals surface area contributed by atoms with Crippen LogP contribution in [0.5, 0.6) is 0 Å². The van der Waals surface area contributed by atoms with Crippen molar-refractivity contribution in [3.05, 3.63) is 110 Å². The van der Waals surface area contributed by atoms with Crippen LogP contribution in [-0.2, 0) is 64.3 Å². The lowest BCUT2D eigenvalue weighted by molar-refractivity contribution is -0.148. The van der Waals surface area contributed by atoms with Crippen LogP contribution in [0, 0.1) is 12.7 Å². The molecule has 1 aliphatic carbocycles. The largest absolute Gasteiger partial charge is 0.460 e. The number of cyclic esters (lactones) is 1. The van der Waals surface area contributed by atoms with Gasteiger partial charge in [0.2, 0.25) is 35.4 Å². The molecule has 0 bridgehead atoms. The van der Waals surface area contributed by atoms with Crippen LogP contribution in [0.15, 0.2) is 59.5 Å². The molecule has 7 rings (SSSR count). The Morgan fingerprint density at radius 1 is 0.882 bits per heavy atom. The average Bonchev–Trinajstić information content (AvgIpc) is 3.70. The maximum absolute atomic E-state index is 15.3. The molecule has 1 unspecified atom stereocenters. The van der Waals surface area contributed by atoms with Gasteiger partial charge < -0.3 is 46.5 Å². The van der Waals surface area contributed by atoms with Crippen molar-refractivity contribution in [3.63, 3.8) is 0 Å². The first-order valence-corrected chi connectivity index (χ1v) is 23.5. The molecule has 20 heteroatoms. The highest BCUT2D eigenvalue weighted by Crippen LogP contribution is 2.45. The SMILES string of the molecule is C=C(CNC(=O)CCNC(=O)CBr)NCC(=O)NC(Cc1ccccc1)C(=O)NCC(=O)NCCCC(=O)N[C@H]1CCc2c(C)c(F)cc3nc4c(c1c23)Cn1c-4cc2c(c1=O)COC(=O)[C@H]2C. The van der Waals surface area contributed by atoms with Crippen molar-refractivity contribution in [1.82, 2.24) is 46.8 Å². The van der Waals surface area contributed by atoms with E-state index < -0.39 is 47.5 Å². The maximum Gasteiger partial charge on any atom is 0.313 e. The number of ether oxygens (including phenoxy) is 1. The molecular weight excluding hydrogens is 945 g/mol. The number of benzene rings is 2. The van der Waals surface area contributed by atoms with Gasteiger partial charge in [-0.2, -0.15) is 0 Å². The summed E-state index contributed by atoms with van der Waals surface area (Å²) in [6.45, 7) is 6.97. The second kappa shape index (κ2) is 21.8. The lowest BCUT2D eigenvalue weighted by Crippen LogP contribution is -2.51. The lowest BCUT2D eigenvalue weighted by atomic mass is 9.81. The zero-order valence-electron chi connectivity index (χ0n) is 37.7. The van der Waals surface area contributed by atoms with Crippen molar-refractivity contribution in [1.29, 1.82) is 0 Å². The van der Waals surface area contributed by atoms with Gasteiger partial charge in [-0.3, -0.25) is 38.4 Å². The summed E-state index contributed by atoms with van der Waals surface area (Å²) >= 11 is 3.03. The van der Waals surface area contributed by atoms with E-state index in [0.29, 0.717) is 52.1 Å². The van der Waals surface area contributed by atoms with Crippen molar-refractivity contribution in [3.8, 4) is 11.4 Å². The predicted octanol–water partition coefficient (Wildman–Crippen LogP) is 2.00. The van der Waals surface area contributed by atoms with Crippen molar-refractivity contribution < 1.29 is 42.7 Å². The van der Waals surface area contributed by atoms with Gasteiger partial charge in [0.1, 0.15) is 18.5 Å². The van der Waals surface area contributed by atoms with Crippen LogP contribution in [0.25, 0.3) is 22.3 Å². The first-order chi connectivity index (χ1) is 32.6. The van der Waals surface area contributed by atoms with E-state index in [1.54, 1.807) is 48.7 Å². The number of halogens is 2. The molecule has 4 heterocycles. The smallest absolute Gasteiger partial charge is 0.313 e. The van der Waals surface area contributed by atoms with Crippen LogP contribution in [0.4, 0.5) is 4.39 Å². The van der Waals surface area contributed by atoms with Crippen LogP contribution >= 0.6 is 15.9 Å². The van der Waals surface area contributed by atoms with Gasteiger partial charge in [0, 0.05) is 55.1 Å². The van der Waals surface area contributed by atoms with Gasteiger partial charge in [0.25, 0.3) is 5.56 Å². The summed E-state index contributed by atoms with van der Waals surface area (Å²) in [4.78, 5) is 107. The minimum Gasteiger partial charge on any atom is -0.460 e. The number of nitrogens with one attached hydrogen (secondary N) is 7. The summed E-state index contributed by atoms with van der Waals surface area (Å²) in [6.07, 6.45) is 1.50. The van der Waals surface area contributed by atoms with Crippen molar-refractivity contribution in [2.75, 3.05) is 38.1 Å². The Kier molecular flexibility index (Phi) is 15.7. The van der Waals surface area contributed by atoms with Gasteiger partial charge in [-0.1, -0.05) is 52.8 Å². The number of amides is 6. The molecule has 0 fully saturated rings. The highest BCUT2D eigenvalue weighted by Gasteiger charge is 2.37. The zero-order chi connectivity index (χ0) is 48.6. The number of pyridine rings is 2.